The molecule has 0 bridgehead atoms. The molecule has 282 valence electrons. The van der Waals surface area contributed by atoms with Crippen LogP contribution in [0.4, 0.5) is 17.1 Å². The molecule has 11 rings (SSSR count). The van der Waals surface area contributed by atoms with Gasteiger partial charge in [-0.2, -0.15) is 0 Å². The van der Waals surface area contributed by atoms with E-state index in [1.54, 1.807) is 0 Å². The first-order chi connectivity index (χ1) is 29.8. The summed E-state index contributed by atoms with van der Waals surface area (Å²) in [7, 11) is 0. The monoisotopic (exact) mass is 765 g/mol. The van der Waals surface area contributed by atoms with Crippen LogP contribution in [0.25, 0.3) is 88.3 Å². The van der Waals surface area contributed by atoms with E-state index in [0.717, 1.165) is 77.9 Å². The molecule has 0 atom stereocenters. The molecule has 0 radical (unpaired) electrons. The van der Waals surface area contributed by atoms with Gasteiger partial charge in [0.1, 0.15) is 11.2 Å². The summed E-state index contributed by atoms with van der Waals surface area (Å²) in [4.78, 5) is 2.44. The Hall–Kier alpha value is -7.94. The van der Waals surface area contributed by atoms with Crippen LogP contribution in [-0.4, -0.2) is 0 Å². The SMILES string of the molecule is c1ccc(-c2cccc(-c3cccc(N(c4ccc(-c5ccccc5)cc4-c4ccccc4)c4ccc(-c5cccc6ccccc56)c5oc6ccccc6c45)c3)c2)cc1. The van der Waals surface area contributed by atoms with Crippen molar-refractivity contribution in [2.75, 3.05) is 4.90 Å². The highest BCUT2D eigenvalue weighted by atomic mass is 16.3. The quantitative estimate of drug-likeness (QED) is 0.153. The van der Waals surface area contributed by atoms with Gasteiger partial charge in [-0.1, -0.05) is 188 Å². The van der Waals surface area contributed by atoms with Gasteiger partial charge >= 0.3 is 0 Å². The van der Waals surface area contributed by atoms with E-state index >= 15 is 0 Å². The summed E-state index contributed by atoms with van der Waals surface area (Å²) in [5, 5.41) is 4.53. The van der Waals surface area contributed by atoms with Gasteiger partial charge in [-0.25, -0.2) is 0 Å². The van der Waals surface area contributed by atoms with Crippen molar-refractivity contribution in [3.05, 3.63) is 237 Å². The zero-order chi connectivity index (χ0) is 39.8. The van der Waals surface area contributed by atoms with E-state index < -0.39 is 0 Å². The predicted molar refractivity (Wildman–Crippen MR) is 253 cm³/mol. The van der Waals surface area contributed by atoms with E-state index in [-0.39, 0.29) is 0 Å². The van der Waals surface area contributed by atoms with Gasteiger partial charge in [0, 0.05) is 22.2 Å². The average Bonchev–Trinajstić information content (AvgIpc) is 3.73. The Morgan fingerprint density at radius 3 is 1.58 bits per heavy atom. The molecule has 11 aromatic rings. The highest BCUT2D eigenvalue weighted by Crippen LogP contribution is 2.50. The van der Waals surface area contributed by atoms with E-state index in [1.807, 2.05) is 0 Å². The second-order valence-electron chi connectivity index (χ2n) is 15.3. The third-order valence-corrected chi connectivity index (χ3v) is 11.7. The summed E-state index contributed by atoms with van der Waals surface area (Å²) in [6.45, 7) is 0. The fraction of sp³-hybridized carbons (Fsp3) is 0. The van der Waals surface area contributed by atoms with Gasteiger partial charge in [-0.3, -0.25) is 0 Å². The Morgan fingerprint density at radius 2 is 0.833 bits per heavy atom. The lowest BCUT2D eigenvalue weighted by molar-refractivity contribution is 0.670. The van der Waals surface area contributed by atoms with Crippen molar-refractivity contribution in [1.82, 2.24) is 0 Å². The third kappa shape index (κ3) is 6.32. The Bertz CT molecular complexity index is 3310. The van der Waals surface area contributed by atoms with Gasteiger partial charge in [-0.05, 0) is 104 Å². The number of anilines is 3. The van der Waals surface area contributed by atoms with Crippen LogP contribution in [0.15, 0.2) is 241 Å². The van der Waals surface area contributed by atoms with Gasteiger partial charge in [0.15, 0.2) is 0 Å². The number of rotatable bonds is 8. The lowest BCUT2D eigenvalue weighted by Crippen LogP contribution is -2.12. The van der Waals surface area contributed by atoms with Crippen molar-refractivity contribution in [1.29, 1.82) is 0 Å². The first-order valence-corrected chi connectivity index (χ1v) is 20.5. The Labute approximate surface area is 349 Å². The standard InChI is InChI=1S/C58H39NO/c1-4-17-40(18-5-1)44-25-14-26-45(37-44)46-27-15-28-48(38-46)59(54-35-33-47(41-19-6-2-7-20-41)39-53(54)43-21-8-3-9-22-43)55-36-34-51(50-31-16-24-42-23-10-11-29-49(42)50)58-57(55)52-30-12-13-32-56(52)60-58/h1-39H. The molecule has 0 saturated carbocycles. The second-order valence-corrected chi connectivity index (χ2v) is 15.3. The maximum Gasteiger partial charge on any atom is 0.145 e. The van der Waals surface area contributed by atoms with Crippen LogP contribution in [0, 0.1) is 0 Å². The predicted octanol–water partition coefficient (Wildman–Crippen LogP) is 16.5. The first-order valence-electron chi connectivity index (χ1n) is 20.5. The third-order valence-electron chi connectivity index (χ3n) is 11.7. The van der Waals surface area contributed by atoms with Crippen molar-refractivity contribution in [3.63, 3.8) is 0 Å². The highest BCUT2D eigenvalue weighted by molar-refractivity contribution is 6.19. The largest absolute Gasteiger partial charge is 0.455 e. The molecular weight excluding hydrogens is 727 g/mol. The van der Waals surface area contributed by atoms with E-state index in [2.05, 4.69) is 241 Å². The number of para-hydroxylation sites is 1. The summed E-state index contributed by atoms with van der Waals surface area (Å²) < 4.78 is 6.96. The van der Waals surface area contributed by atoms with Crippen molar-refractivity contribution in [3.8, 4) is 55.6 Å². The summed E-state index contributed by atoms with van der Waals surface area (Å²) >= 11 is 0. The number of fused-ring (bicyclic) bond motifs is 4. The zero-order valence-corrected chi connectivity index (χ0v) is 32.9. The molecule has 0 spiro atoms. The number of hydrogen-bond donors (Lipinski definition) is 0. The summed E-state index contributed by atoms with van der Waals surface area (Å²) in [6.07, 6.45) is 0. The minimum atomic E-state index is 0.857. The maximum absolute atomic E-state index is 6.96. The van der Waals surface area contributed by atoms with Crippen LogP contribution in [0.1, 0.15) is 0 Å². The van der Waals surface area contributed by atoms with E-state index in [9.17, 15) is 0 Å². The maximum atomic E-state index is 6.96. The molecule has 0 amide bonds. The summed E-state index contributed by atoms with van der Waals surface area (Å²) in [5.41, 5.74) is 16.4. The van der Waals surface area contributed by atoms with Gasteiger partial charge < -0.3 is 9.32 Å². The zero-order valence-electron chi connectivity index (χ0n) is 32.9. The number of nitrogens with zero attached hydrogens (tertiary/aromatic N) is 1. The molecular formula is C58H39NO. The smallest absolute Gasteiger partial charge is 0.145 e. The number of benzene rings is 10. The lowest BCUT2D eigenvalue weighted by atomic mass is 9.94. The number of furan rings is 1. The minimum absolute atomic E-state index is 0.857. The molecule has 1 aromatic heterocycles. The van der Waals surface area contributed by atoms with Gasteiger partial charge in [-0.15, -0.1) is 0 Å². The average molecular weight is 766 g/mol. The molecule has 0 fully saturated rings. The van der Waals surface area contributed by atoms with Crippen molar-refractivity contribution in [2.45, 2.75) is 0 Å². The normalized spacial score (nSPS) is 11.3. The van der Waals surface area contributed by atoms with Crippen LogP contribution in [-0.2, 0) is 0 Å². The topological polar surface area (TPSA) is 16.4 Å². The van der Waals surface area contributed by atoms with Crippen molar-refractivity contribution >= 4 is 49.8 Å². The molecule has 2 nitrogen and oxygen atoms in total. The molecule has 0 aliphatic carbocycles. The van der Waals surface area contributed by atoms with Gasteiger partial charge in [0.25, 0.3) is 0 Å². The lowest BCUT2D eigenvalue weighted by Gasteiger charge is -2.30. The fourth-order valence-corrected chi connectivity index (χ4v) is 8.80. The molecule has 60 heavy (non-hydrogen) atoms. The van der Waals surface area contributed by atoms with Crippen LogP contribution >= 0.6 is 0 Å². The van der Waals surface area contributed by atoms with Crippen LogP contribution < -0.4 is 4.90 Å². The second kappa shape index (κ2) is 15.1. The molecule has 1 heterocycles. The van der Waals surface area contributed by atoms with E-state index in [1.165, 1.54) is 27.5 Å². The summed E-state index contributed by atoms with van der Waals surface area (Å²) in [5.74, 6) is 0. The molecule has 0 N–H and O–H groups in total. The van der Waals surface area contributed by atoms with Crippen LogP contribution in [0.3, 0.4) is 0 Å². The van der Waals surface area contributed by atoms with E-state index in [4.69, 9.17) is 4.42 Å². The van der Waals surface area contributed by atoms with Crippen LogP contribution in [0.2, 0.25) is 0 Å². The molecule has 0 aliphatic heterocycles. The molecule has 2 heteroatoms. The summed E-state index contributed by atoms with van der Waals surface area (Å²) in [6, 6.07) is 84.8. The van der Waals surface area contributed by atoms with Gasteiger partial charge in [0.05, 0.1) is 16.8 Å². The van der Waals surface area contributed by atoms with Crippen molar-refractivity contribution < 1.29 is 4.42 Å². The van der Waals surface area contributed by atoms with Crippen molar-refractivity contribution in [2.24, 2.45) is 0 Å². The molecule has 10 aromatic carbocycles. The first kappa shape index (κ1) is 35.2. The van der Waals surface area contributed by atoms with Crippen LogP contribution in [0.5, 0.6) is 0 Å². The Kier molecular flexibility index (Phi) is 8.87. The van der Waals surface area contributed by atoms with E-state index in [0.29, 0.717) is 0 Å². The van der Waals surface area contributed by atoms with Gasteiger partial charge in [0.2, 0.25) is 0 Å². The molecule has 0 unspecified atom stereocenters. The minimum Gasteiger partial charge on any atom is -0.455 e. The molecule has 0 saturated heterocycles. The fourth-order valence-electron chi connectivity index (χ4n) is 8.80. The Morgan fingerprint density at radius 1 is 0.300 bits per heavy atom. The molecule has 0 aliphatic rings. The Balaban J connectivity index is 1.19. The highest BCUT2D eigenvalue weighted by Gasteiger charge is 2.25. The number of hydrogen-bond acceptors (Lipinski definition) is 2.